The molecule has 2 aromatic carbocycles. The van der Waals surface area contributed by atoms with Gasteiger partial charge in [-0.25, -0.2) is 0 Å². The summed E-state index contributed by atoms with van der Waals surface area (Å²) in [6, 6.07) is 11.8. The summed E-state index contributed by atoms with van der Waals surface area (Å²) in [5.74, 6) is 1.22. The molecule has 3 aromatic rings. The third kappa shape index (κ3) is 2.75. The van der Waals surface area contributed by atoms with Crippen LogP contribution in [0.4, 0.5) is 5.69 Å². The largest absolute Gasteiger partial charge is 0.479 e. The molecule has 106 valence electrons. The summed E-state index contributed by atoms with van der Waals surface area (Å²) in [7, 11) is 1.50. The highest BCUT2D eigenvalue weighted by Crippen LogP contribution is 2.32. The molecule has 5 nitrogen and oxygen atoms in total. The van der Waals surface area contributed by atoms with Crippen LogP contribution in [0.5, 0.6) is 17.5 Å². The molecule has 0 aliphatic carbocycles. The molecule has 21 heavy (non-hydrogen) atoms. The molecule has 0 unspecified atom stereocenters. The first-order chi connectivity index (χ1) is 10.2. The highest BCUT2D eigenvalue weighted by atomic mass is 79.9. The Bertz CT molecular complexity index is 808. The monoisotopic (exact) mass is 345 g/mol. The molecule has 0 saturated heterocycles. The van der Waals surface area contributed by atoms with Crippen LogP contribution < -0.4 is 15.2 Å². The van der Waals surface area contributed by atoms with E-state index in [9.17, 15) is 0 Å². The van der Waals surface area contributed by atoms with E-state index in [-0.39, 0.29) is 11.6 Å². The lowest BCUT2D eigenvalue weighted by atomic mass is 10.1. The molecule has 0 saturated carbocycles. The van der Waals surface area contributed by atoms with Crippen molar-refractivity contribution in [2.75, 3.05) is 12.8 Å². The van der Waals surface area contributed by atoms with Gasteiger partial charge < -0.3 is 15.2 Å². The second-order valence-corrected chi connectivity index (χ2v) is 5.27. The molecular weight excluding hydrogens is 334 g/mol. The number of hydrogen-bond donors (Lipinski definition) is 1. The van der Waals surface area contributed by atoms with Crippen molar-refractivity contribution in [1.82, 2.24) is 9.97 Å². The van der Waals surface area contributed by atoms with E-state index < -0.39 is 0 Å². The fourth-order valence-electron chi connectivity index (χ4n) is 1.98. The number of hydrogen-bond acceptors (Lipinski definition) is 5. The maximum atomic E-state index is 5.89. The first-order valence-corrected chi connectivity index (χ1v) is 6.98. The summed E-state index contributed by atoms with van der Waals surface area (Å²) in [6.45, 7) is 0. The molecule has 0 radical (unpaired) electrons. The number of nitrogens with zero attached hydrogens (tertiary/aromatic N) is 2. The summed E-state index contributed by atoms with van der Waals surface area (Å²) in [6.07, 6.45) is 1.35. The second kappa shape index (κ2) is 5.57. The smallest absolute Gasteiger partial charge is 0.249 e. The van der Waals surface area contributed by atoms with Gasteiger partial charge in [0.25, 0.3) is 0 Å². The number of nitrogen functional groups attached to an aromatic ring is 1. The van der Waals surface area contributed by atoms with Crippen LogP contribution in [0.25, 0.3) is 10.8 Å². The Labute approximate surface area is 129 Å². The Kier molecular flexibility index (Phi) is 3.62. The Morgan fingerprint density at radius 1 is 1.00 bits per heavy atom. The van der Waals surface area contributed by atoms with Gasteiger partial charge >= 0.3 is 0 Å². The summed E-state index contributed by atoms with van der Waals surface area (Å²) in [5, 5.41) is 2.18. The molecule has 0 atom stereocenters. The summed E-state index contributed by atoms with van der Waals surface area (Å²) < 4.78 is 11.8. The van der Waals surface area contributed by atoms with Gasteiger partial charge in [0, 0.05) is 4.47 Å². The van der Waals surface area contributed by atoms with Crippen LogP contribution in [0, 0.1) is 0 Å². The zero-order chi connectivity index (χ0) is 14.8. The molecule has 6 heteroatoms. The average Bonchev–Trinajstić information content (AvgIpc) is 2.49. The molecule has 0 aliphatic rings. The molecule has 0 aliphatic heterocycles. The van der Waals surface area contributed by atoms with Gasteiger partial charge in [-0.2, -0.15) is 9.97 Å². The Morgan fingerprint density at radius 2 is 1.71 bits per heavy atom. The minimum atomic E-state index is 0.274. The van der Waals surface area contributed by atoms with Gasteiger partial charge in [0.15, 0.2) is 5.69 Å². The van der Waals surface area contributed by atoms with Gasteiger partial charge in [-0.3, -0.25) is 0 Å². The number of aromatic nitrogens is 2. The van der Waals surface area contributed by atoms with Gasteiger partial charge in [-0.05, 0) is 35.0 Å². The van der Waals surface area contributed by atoms with E-state index >= 15 is 0 Å². The lowest BCUT2D eigenvalue weighted by Crippen LogP contribution is -2.00. The van der Waals surface area contributed by atoms with Crippen LogP contribution in [-0.4, -0.2) is 17.1 Å². The number of halogens is 1. The SMILES string of the molecule is COc1ncnc(Oc2ccc3cc(Br)ccc3c2)c1N. The Balaban J connectivity index is 1.96. The zero-order valence-corrected chi connectivity index (χ0v) is 12.8. The van der Waals surface area contributed by atoms with E-state index in [4.69, 9.17) is 15.2 Å². The first-order valence-electron chi connectivity index (χ1n) is 6.19. The van der Waals surface area contributed by atoms with Crippen LogP contribution in [0.15, 0.2) is 47.2 Å². The van der Waals surface area contributed by atoms with Gasteiger partial charge in [-0.15, -0.1) is 0 Å². The van der Waals surface area contributed by atoms with Crippen LogP contribution in [0.3, 0.4) is 0 Å². The van der Waals surface area contributed by atoms with Gasteiger partial charge in [0.05, 0.1) is 7.11 Å². The number of anilines is 1. The predicted octanol–water partition coefficient (Wildman–Crippen LogP) is 3.78. The quantitative estimate of drug-likeness (QED) is 0.782. The number of rotatable bonds is 3. The summed E-state index contributed by atoms with van der Waals surface area (Å²) >= 11 is 3.45. The third-order valence-electron chi connectivity index (χ3n) is 2.99. The van der Waals surface area contributed by atoms with Crippen molar-refractivity contribution in [1.29, 1.82) is 0 Å². The van der Waals surface area contributed by atoms with Gasteiger partial charge in [-0.1, -0.05) is 28.1 Å². The molecule has 0 amide bonds. The molecule has 3 rings (SSSR count). The van der Waals surface area contributed by atoms with E-state index in [1.807, 2.05) is 36.4 Å². The second-order valence-electron chi connectivity index (χ2n) is 4.36. The standard InChI is InChI=1S/C15H12BrN3O2/c1-20-14-13(17)15(19-8-18-14)21-12-5-3-9-6-11(16)4-2-10(9)7-12/h2-8H,17H2,1H3. The Morgan fingerprint density at radius 3 is 2.52 bits per heavy atom. The fourth-order valence-corrected chi connectivity index (χ4v) is 2.36. The van der Waals surface area contributed by atoms with Crippen molar-refractivity contribution < 1.29 is 9.47 Å². The maximum absolute atomic E-state index is 5.89. The molecule has 0 fully saturated rings. The summed E-state index contributed by atoms with van der Waals surface area (Å²) in [5.41, 5.74) is 6.17. The number of nitrogens with two attached hydrogens (primary N) is 1. The van der Waals surface area contributed by atoms with Gasteiger partial charge in [0.1, 0.15) is 12.1 Å². The van der Waals surface area contributed by atoms with Crippen LogP contribution >= 0.6 is 15.9 Å². The van der Waals surface area contributed by atoms with Crippen LogP contribution in [0.2, 0.25) is 0 Å². The summed E-state index contributed by atoms with van der Waals surface area (Å²) in [4.78, 5) is 7.95. The fraction of sp³-hybridized carbons (Fsp3) is 0.0667. The van der Waals surface area contributed by atoms with Crippen molar-refractivity contribution in [3.05, 3.63) is 47.2 Å². The van der Waals surface area contributed by atoms with Crippen molar-refractivity contribution in [2.45, 2.75) is 0 Å². The minimum Gasteiger partial charge on any atom is -0.479 e. The highest BCUT2D eigenvalue weighted by molar-refractivity contribution is 9.10. The minimum absolute atomic E-state index is 0.274. The zero-order valence-electron chi connectivity index (χ0n) is 11.2. The van der Waals surface area contributed by atoms with Crippen molar-refractivity contribution in [3.8, 4) is 17.5 Å². The Hall–Kier alpha value is -2.34. The number of fused-ring (bicyclic) bond motifs is 1. The average molecular weight is 346 g/mol. The number of benzene rings is 2. The molecule has 0 spiro atoms. The normalized spacial score (nSPS) is 10.6. The van der Waals surface area contributed by atoms with Crippen molar-refractivity contribution in [3.63, 3.8) is 0 Å². The van der Waals surface area contributed by atoms with Crippen LogP contribution in [0.1, 0.15) is 0 Å². The van der Waals surface area contributed by atoms with E-state index in [0.29, 0.717) is 11.6 Å². The van der Waals surface area contributed by atoms with Gasteiger partial charge in [0.2, 0.25) is 11.8 Å². The number of methoxy groups -OCH3 is 1. The van der Waals surface area contributed by atoms with E-state index in [0.717, 1.165) is 15.2 Å². The highest BCUT2D eigenvalue weighted by Gasteiger charge is 2.10. The number of ether oxygens (including phenoxy) is 2. The van der Waals surface area contributed by atoms with Crippen molar-refractivity contribution >= 4 is 32.4 Å². The molecule has 1 heterocycles. The van der Waals surface area contributed by atoms with E-state index in [1.54, 1.807) is 0 Å². The van der Waals surface area contributed by atoms with Crippen molar-refractivity contribution in [2.24, 2.45) is 0 Å². The molecule has 1 aromatic heterocycles. The lowest BCUT2D eigenvalue weighted by molar-refractivity contribution is 0.391. The first kappa shape index (κ1) is 13.6. The third-order valence-corrected chi connectivity index (χ3v) is 3.49. The predicted molar refractivity (Wildman–Crippen MR) is 84.7 cm³/mol. The molecule has 0 bridgehead atoms. The maximum Gasteiger partial charge on any atom is 0.249 e. The van der Waals surface area contributed by atoms with E-state index in [2.05, 4.69) is 25.9 Å². The molecular formula is C15H12BrN3O2. The van der Waals surface area contributed by atoms with Crippen LogP contribution in [-0.2, 0) is 0 Å². The molecule has 2 N–H and O–H groups in total. The topological polar surface area (TPSA) is 70.3 Å². The van der Waals surface area contributed by atoms with E-state index in [1.165, 1.54) is 13.4 Å². The lowest BCUT2D eigenvalue weighted by Gasteiger charge is -2.09.